The van der Waals surface area contributed by atoms with Crippen LogP contribution in [0.15, 0.2) is 30.3 Å². The van der Waals surface area contributed by atoms with E-state index in [9.17, 15) is 9.59 Å². The Hall–Kier alpha value is -1.68. The first-order valence-electron chi connectivity index (χ1n) is 5.21. The van der Waals surface area contributed by atoms with E-state index in [1.165, 1.54) is 0 Å². The Balaban J connectivity index is 1.82. The summed E-state index contributed by atoms with van der Waals surface area (Å²) in [7, 11) is 0. The average molecular weight is 219 g/mol. The van der Waals surface area contributed by atoms with E-state index in [1.807, 2.05) is 30.3 Å². The van der Waals surface area contributed by atoms with Crippen LogP contribution >= 0.6 is 0 Å². The Labute approximate surface area is 93.6 Å². The highest BCUT2D eigenvalue weighted by Crippen LogP contribution is 2.06. The van der Waals surface area contributed by atoms with Gasteiger partial charge in [-0.2, -0.15) is 0 Å². The van der Waals surface area contributed by atoms with Gasteiger partial charge in [-0.15, -0.1) is 0 Å². The van der Waals surface area contributed by atoms with Crippen LogP contribution in [0.25, 0.3) is 0 Å². The van der Waals surface area contributed by atoms with Gasteiger partial charge in [0.05, 0.1) is 6.54 Å². The zero-order valence-electron chi connectivity index (χ0n) is 8.81. The minimum Gasteiger partial charge on any atom is -0.460 e. The monoisotopic (exact) mass is 219 g/mol. The van der Waals surface area contributed by atoms with E-state index in [0.29, 0.717) is 0 Å². The molecule has 1 atom stereocenters. The minimum atomic E-state index is -0.462. The fourth-order valence-electron chi connectivity index (χ4n) is 1.61. The van der Waals surface area contributed by atoms with Gasteiger partial charge < -0.3 is 4.74 Å². The van der Waals surface area contributed by atoms with Crippen molar-refractivity contribution in [2.45, 2.75) is 19.1 Å². The lowest BCUT2D eigenvalue weighted by atomic mass is 10.2. The van der Waals surface area contributed by atoms with Crippen molar-refractivity contribution in [2.75, 3.05) is 6.54 Å². The van der Waals surface area contributed by atoms with E-state index in [4.69, 9.17) is 4.74 Å². The molecule has 2 rings (SSSR count). The van der Waals surface area contributed by atoms with Crippen LogP contribution in [0.2, 0.25) is 0 Å². The van der Waals surface area contributed by atoms with Crippen molar-refractivity contribution < 1.29 is 14.3 Å². The summed E-state index contributed by atoms with van der Waals surface area (Å²) in [6.07, 6.45) is 0.244. The van der Waals surface area contributed by atoms with Gasteiger partial charge in [-0.1, -0.05) is 30.3 Å². The lowest BCUT2D eigenvalue weighted by Gasteiger charge is -2.09. The summed E-state index contributed by atoms with van der Waals surface area (Å²) < 4.78 is 5.11. The normalized spacial score (nSPS) is 19.8. The summed E-state index contributed by atoms with van der Waals surface area (Å²) in [6.45, 7) is 0.525. The molecule has 1 unspecified atom stereocenters. The van der Waals surface area contributed by atoms with Crippen LogP contribution in [0, 0.1) is 0 Å². The van der Waals surface area contributed by atoms with Gasteiger partial charge in [0.1, 0.15) is 18.4 Å². The van der Waals surface area contributed by atoms with Crippen molar-refractivity contribution in [1.82, 2.24) is 5.32 Å². The first kappa shape index (κ1) is 10.8. The number of rotatable bonds is 3. The van der Waals surface area contributed by atoms with E-state index >= 15 is 0 Å². The molecule has 0 amide bonds. The predicted molar refractivity (Wildman–Crippen MR) is 57.7 cm³/mol. The Morgan fingerprint density at radius 1 is 1.38 bits per heavy atom. The number of Topliss-reactive ketones (excluding diaryl/α,β-unsaturated/α-hetero) is 1. The predicted octanol–water partition coefficient (Wildman–Crippen LogP) is 0.661. The minimum absolute atomic E-state index is 0.0571. The van der Waals surface area contributed by atoms with Crippen molar-refractivity contribution in [3.8, 4) is 0 Å². The third kappa shape index (κ3) is 2.67. The standard InChI is InChI=1S/C12H13NO3/c14-10-6-11(13-7-10)12(15)16-8-9-4-2-1-3-5-9/h1-5,11,13H,6-8H2. The molecule has 1 aromatic rings. The van der Waals surface area contributed by atoms with Crippen LogP contribution < -0.4 is 5.32 Å². The second-order valence-corrected chi connectivity index (χ2v) is 3.77. The van der Waals surface area contributed by atoms with Gasteiger partial charge in [-0.3, -0.25) is 14.9 Å². The van der Waals surface area contributed by atoms with E-state index in [1.54, 1.807) is 0 Å². The zero-order chi connectivity index (χ0) is 11.4. The molecule has 0 aliphatic carbocycles. The second kappa shape index (κ2) is 4.90. The van der Waals surface area contributed by atoms with Crippen LogP contribution in [-0.4, -0.2) is 24.3 Å². The summed E-state index contributed by atoms with van der Waals surface area (Å²) >= 11 is 0. The van der Waals surface area contributed by atoms with Crippen molar-refractivity contribution in [3.63, 3.8) is 0 Å². The first-order valence-corrected chi connectivity index (χ1v) is 5.21. The maximum absolute atomic E-state index is 11.5. The van der Waals surface area contributed by atoms with Gasteiger partial charge in [0, 0.05) is 6.42 Å². The third-order valence-electron chi connectivity index (χ3n) is 2.49. The molecule has 0 spiro atoms. The quantitative estimate of drug-likeness (QED) is 0.759. The van der Waals surface area contributed by atoms with Crippen molar-refractivity contribution >= 4 is 11.8 Å². The fraction of sp³-hybridized carbons (Fsp3) is 0.333. The number of nitrogens with one attached hydrogen (secondary N) is 1. The van der Waals surface area contributed by atoms with E-state index in [0.717, 1.165) is 5.56 Å². The van der Waals surface area contributed by atoms with Gasteiger partial charge in [0.15, 0.2) is 0 Å². The molecule has 0 aromatic heterocycles. The summed E-state index contributed by atoms with van der Waals surface area (Å²) in [4.78, 5) is 22.5. The molecule has 4 nitrogen and oxygen atoms in total. The van der Waals surface area contributed by atoms with Crippen molar-refractivity contribution in [3.05, 3.63) is 35.9 Å². The number of benzene rings is 1. The lowest BCUT2D eigenvalue weighted by molar-refractivity contribution is -0.147. The first-order chi connectivity index (χ1) is 7.75. The number of ketones is 1. The van der Waals surface area contributed by atoms with Gasteiger partial charge in [0.25, 0.3) is 0 Å². The molecule has 1 aliphatic heterocycles. The molecule has 1 N–H and O–H groups in total. The molecule has 1 heterocycles. The number of esters is 1. The molecule has 4 heteroatoms. The van der Waals surface area contributed by atoms with E-state index in [-0.39, 0.29) is 31.3 Å². The van der Waals surface area contributed by atoms with Gasteiger partial charge >= 0.3 is 5.97 Å². The van der Waals surface area contributed by atoms with Crippen LogP contribution in [0.5, 0.6) is 0 Å². The Morgan fingerprint density at radius 2 is 2.12 bits per heavy atom. The Kier molecular flexibility index (Phi) is 3.31. The van der Waals surface area contributed by atoms with Crippen LogP contribution in [0.4, 0.5) is 0 Å². The zero-order valence-corrected chi connectivity index (χ0v) is 8.81. The highest BCUT2D eigenvalue weighted by atomic mass is 16.5. The molecular formula is C12H13NO3. The maximum Gasteiger partial charge on any atom is 0.323 e. The van der Waals surface area contributed by atoms with Crippen molar-refractivity contribution in [1.29, 1.82) is 0 Å². The van der Waals surface area contributed by atoms with Crippen LogP contribution in [-0.2, 0) is 20.9 Å². The highest BCUT2D eigenvalue weighted by molar-refractivity contribution is 5.91. The molecular weight excluding hydrogens is 206 g/mol. The number of hydrogen-bond donors (Lipinski definition) is 1. The average Bonchev–Trinajstić information content (AvgIpc) is 2.74. The second-order valence-electron chi connectivity index (χ2n) is 3.77. The Bertz CT molecular complexity index is 389. The molecule has 0 radical (unpaired) electrons. The van der Waals surface area contributed by atoms with Gasteiger partial charge in [0.2, 0.25) is 0 Å². The molecule has 1 saturated heterocycles. The number of ether oxygens (including phenoxy) is 1. The summed E-state index contributed by atoms with van der Waals surface area (Å²) in [5.41, 5.74) is 0.945. The third-order valence-corrected chi connectivity index (χ3v) is 2.49. The SMILES string of the molecule is O=C1CNC(C(=O)OCc2ccccc2)C1. The van der Waals surface area contributed by atoms with Crippen LogP contribution in [0.3, 0.4) is 0 Å². The number of hydrogen-bond acceptors (Lipinski definition) is 4. The lowest BCUT2D eigenvalue weighted by Crippen LogP contribution is -2.32. The molecule has 0 bridgehead atoms. The molecule has 1 aliphatic rings. The molecule has 1 aromatic carbocycles. The van der Waals surface area contributed by atoms with Gasteiger partial charge in [-0.25, -0.2) is 0 Å². The summed E-state index contributed by atoms with van der Waals surface area (Å²) in [6, 6.07) is 9.00. The highest BCUT2D eigenvalue weighted by Gasteiger charge is 2.28. The largest absolute Gasteiger partial charge is 0.460 e. The molecule has 84 valence electrons. The maximum atomic E-state index is 11.5. The van der Waals surface area contributed by atoms with Crippen molar-refractivity contribution in [2.24, 2.45) is 0 Å². The topological polar surface area (TPSA) is 55.4 Å². The fourth-order valence-corrected chi connectivity index (χ4v) is 1.61. The molecule has 0 saturated carbocycles. The smallest absolute Gasteiger partial charge is 0.323 e. The number of carbonyl (C=O) groups is 2. The van der Waals surface area contributed by atoms with Crippen LogP contribution in [0.1, 0.15) is 12.0 Å². The molecule has 16 heavy (non-hydrogen) atoms. The summed E-state index contributed by atoms with van der Waals surface area (Å²) in [5.74, 6) is -0.295. The summed E-state index contributed by atoms with van der Waals surface area (Å²) in [5, 5.41) is 2.82. The van der Waals surface area contributed by atoms with E-state index < -0.39 is 6.04 Å². The van der Waals surface area contributed by atoms with E-state index in [2.05, 4.69) is 5.32 Å². The van der Waals surface area contributed by atoms with Gasteiger partial charge in [-0.05, 0) is 5.56 Å². The molecule has 1 fully saturated rings. The Morgan fingerprint density at radius 3 is 2.75 bits per heavy atom. The number of carbonyl (C=O) groups excluding carboxylic acids is 2.